The Kier molecular flexibility index (Phi) is 3.36. The molecule has 0 bridgehead atoms. The molecule has 17 heavy (non-hydrogen) atoms. The summed E-state index contributed by atoms with van der Waals surface area (Å²) in [5.41, 5.74) is 2.12. The fraction of sp³-hybridized carbons (Fsp3) is 0.500. The number of methoxy groups -OCH3 is 1. The van der Waals surface area contributed by atoms with Gasteiger partial charge in [-0.15, -0.1) is 0 Å². The Bertz CT molecular complexity index is 455. The molecule has 1 atom stereocenters. The Morgan fingerprint density at radius 1 is 1.47 bits per heavy atom. The standard InChI is InChI=1S/C14H20N2O/c1-10(2)12-5-6-13(14(7-12)17-4)16-8-11(3)15-9-16/h5-6,8-10,12H,7H2,1-4H3. The number of aromatic nitrogens is 2. The van der Waals surface area contributed by atoms with Crippen molar-refractivity contribution in [1.82, 2.24) is 9.55 Å². The number of nitrogens with zero attached hydrogens (tertiary/aromatic N) is 2. The number of aryl methyl sites for hydroxylation is 1. The predicted octanol–water partition coefficient (Wildman–Crippen LogP) is 3.24. The van der Waals surface area contributed by atoms with Crippen LogP contribution in [0.3, 0.4) is 0 Å². The molecule has 0 saturated carbocycles. The molecule has 1 aliphatic rings. The van der Waals surface area contributed by atoms with Crippen LogP contribution in [0, 0.1) is 18.8 Å². The van der Waals surface area contributed by atoms with Crippen LogP contribution in [0.4, 0.5) is 0 Å². The highest BCUT2D eigenvalue weighted by Crippen LogP contribution is 2.31. The van der Waals surface area contributed by atoms with Gasteiger partial charge >= 0.3 is 0 Å². The van der Waals surface area contributed by atoms with E-state index in [0.29, 0.717) is 11.8 Å². The van der Waals surface area contributed by atoms with Gasteiger partial charge in [-0.2, -0.15) is 0 Å². The van der Waals surface area contributed by atoms with Crippen LogP contribution >= 0.6 is 0 Å². The van der Waals surface area contributed by atoms with Crippen LogP contribution in [0.25, 0.3) is 5.70 Å². The van der Waals surface area contributed by atoms with Crippen LogP contribution in [0.2, 0.25) is 0 Å². The second-order valence-corrected chi connectivity index (χ2v) is 4.91. The fourth-order valence-corrected chi connectivity index (χ4v) is 2.12. The van der Waals surface area contributed by atoms with Gasteiger partial charge in [-0.25, -0.2) is 4.98 Å². The van der Waals surface area contributed by atoms with Gasteiger partial charge in [-0.05, 0) is 24.8 Å². The molecule has 1 aliphatic carbocycles. The molecule has 0 aromatic carbocycles. The van der Waals surface area contributed by atoms with Crippen molar-refractivity contribution in [3.63, 3.8) is 0 Å². The molecule has 2 rings (SSSR count). The van der Waals surface area contributed by atoms with E-state index in [4.69, 9.17) is 4.74 Å². The summed E-state index contributed by atoms with van der Waals surface area (Å²) in [7, 11) is 1.75. The highest BCUT2D eigenvalue weighted by molar-refractivity contribution is 5.61. The molecule has 1 heterocycles. The summed E-state index contributed by atoms with van der Waals surface area (Å²) in [6.07, 6.45) is 9.25. The Morgan fingerprint density at radius 3 is 2.76 bits per heavy atom. The largest absolute Gasteiger partial charge is 0.499 e. The van der Waals surface area contributed by atoms with Gasteiger partial charge in [0.05, 0.1) is 24.8 Å². The topological polar surface area (TPSA) is 27.1 Å². The zero-order valence-electron chi connectivity index (χ0n) is 11.0. The van der Waals surface area contributed by atoms with Crippen molar-refractivity contribution in [2.45, 2.75) is 27.2 Å². The van der Waals surface area contributed by atoms with Crippen LogP contribution in [-0.2, 0) is 4.74 Å². The number of hydrogen-bond acceptors (Lipinski definition) is 2. The lowest BCUT2D eigenvalue weighted by molar-refractivity contribution is 0.254. The van der Waals surface area contributed by atoms with Crippen molar-refractivity contribution in [1.29, 1.82) is 0 Å². The molecule has 1 aromatic rings. The van der Waals surface area contributed by atoms with Gasteiger partial charge in [0.15, 0.2) is 0 Å². The maximum atomic E-state index is 5.53. The lowest BCUT2D eigenvalue weighted by Crippen LogP contribution is -2.13. The second kappa shape index (κ2) is 4.78. The maximum Gasteiger partial charge on any atom is 0.120 e. The molecular weight excluding hydrogens is 212 g/mol. The zero-order valence-corrected chi connectivity index (χ0v) is 11.0. The molecule has 3 heteroatoms. The van der Waals surface area contributed by atoms with Gasteiger partial charge in [0.2, 0.25) is 0 Å². The first-order valence-corrected chi connectivity index (χ1v) is 6.08. The van der Waals surface area contributed by atoms with E-state index in [1.807, 2.05) is 24.0 Å². The minimum Gasteiger partial charge on any atom is -0.499 e. The molecule has 3 nitrogen and oxygen atoms in total. The normalized spacial score (nSPS) is 20.2. The number of allylic oxidation sites excluding steroid dienone is 4. The van der Waals surface area contributed by atoms with Gasteiger partial charge < -0.3 is 9.30 Å². The third-order valence-electron chi connectivity index (χ3n) is 3.30. The molecule has 1 aromatic heterocycles. The SMILES string of the molecule is COC1=C(n2cnc(C)c2)C=CC(C(C)C)C1. The molecule has 0 spiro atoms. The lowest BCUT2D eigenvalue weighted by Gasteiger charge is -2.24. The summed E-state index contributed by atoms with van der Waals surface area (Å²) >= 11 is 0. The molecule has 92 valence electrons. The summed E-state index contributed by atoms with van der Waals surface area (Å²) < 4.78 is 7.56. The molecule has 1 unspecified atom stereocenters. The number of ether oxygens (including phenoxy) is 1. The van der Waals surface area contributed by atoms with E-state index in [-0.39, 0.29) is 0 Å². The van der Waals surface area contributed by atoms with Crippen LogP contribution < -0.4 is 0 Å². The van der Waals surface area contributed by atoms with Crippen molar-refractivity contribution in [2.75, 3.05) is 7.11 Å². The summed E-state index contributed by atoms with van der Waals surface area (Å²) in [5.74, 6) is 2.25. The summed E-state index contributed by atoms with van der Waals surface area (Å²) in [5, 5.41) is 0. The quantitative estimate of drug-likeness (QED) is 0.800. The Balaban J connectivity index is 2.30. The Hall–Kier alpha value is -1.51. The fourth-order valence-electron chi connectivity index (χ4n) is 2.12. The van der Waals surface area contributed by atoms with E-state index in [1.54, 1.807) is 7.11 Å². The average Bonchev–Trinajstić information content (AvgIpc) is 2.74. The monoisotopic (exact) mass is 232 g/mol. The van der Waals surface area contributed by atoms with Crippen molar-refractivity contribution in [3.8, 4) is 0 Å². The molecule has 0 aliphatic heterocycles. The average molecular weight is 232 g/mol. The van der Waals surface area contributed by atoms with E-state index in [2.05, 4.69) is 31.0 Å². The first-order chi connectivity index (χ1) is 8.11. The minimum absolute atomic E-state index is 0.568. The van der Waals surface area contributed by atoms with Gasteiger partial charge in [0.25, 0.3) is 0 Å². The lowest BCUT2D eigenvalue weighted by atomic mass is 9.88. The highest BCUT2D eigenvalue weighted by Gasteiger charge is 2.20. The van der Waals surface area contributed by atoms with Crippen LogP contribution in [-0.4, -0.2) is 16.7 Å². The third-order valence-corrected chi connectivity index (χ3v) is 3.30. The van der Waals surface area contributed by atoms with Gasteiger partial charge in [-0.3, -0.25) is 0 Å². The Labute approximate surface area is 103 Å². The predicted molar refractivity (Wildman–Crippen MR) is 69.3 cm³/mol. The Morgan fingerprint density at radius 2 is 2.24 bits per heavy atom. The van der Waals surface area contributed by atoms with Crippen molar-refractivity contribution in [3.05, 3.63) is 36.1 Å². The van der Waals surface area contributed by atoms with Crippen LogP contribution in [0.15, 0.2) is 30.4 Å². The van der Waals surface area contributed by atoms with Gasteiger partial charge in [0, 0.05) is 12.6 Å². The van der Waals surface area contributed by atoms with E-state index in [0.717, 1.165) is 23.6 Å². The number of hydrogen-bond donors (Lipinski definition) is 0. The minimum atomic E-state index is 0.568. The van der Waals surface area contributed by atoms with Gasteiger partial charge in [-0.1, -0.05) is 19.9 Å². The molecule has 0 saturated heterocycles. The second-order valence-electron chi connectivity index (χ2n) is 4.91. The van der Waals surface area contributed by atoms with Crippen molar-refractivity contribution >= 4 is 5.70 Å². The molecule has 0 N–H and O–H groups in total. The van der Waals surface area contributed by atoms with E-state index < -0.39 is 0 Å². The van der Waals surface area contributed by atoms with E-state index in [9.17, 15) is 0 Å². The third kappa shape index (κ3) is 2.43. The highest BCUT2D eigenvalue weighted by atomic mass is 16.5. The van der Waals surface area contributed by atoms with Gasteiger partial charge in [0.1, 0.15) is 5.76 Å². The van der Waals surface area contributed by atoms with E-state index >= 15 is 0 Å². The zero-order chi connectivity index (χ0) is 12.4. The smallest absolute Gasteiger partial charge is 0.120 e. The summed E-state index contributed by atoms with van der Waals surface area (Å²) in [6, 6.07) is 0. The van der Waals surface area contributed by atoms with Crippen molar-refractivity contribution in [2.24, 2.45) is 11.8 Å². The first-order valence-electron chi connectivity index (χ1n) is 6.08. The van der Waals surface area contributed by atoms with Crippen molar-refractivity contribution < 1.29 is 4.74 Å². The number of imidazole rings is 1. The molecule has 0 fully saturated rings. The maximum absolute atomic E-state index is 5.53. The van der Waals surface area contributed by atoms with Crippen LogP contribution in [0.1, 0.15) is 26.0 Å². The molecular formula is C14H20N2O. The molecule has 0 radical (unpaired) electrons. The summed E-state index contributed by atoms with van der Waals surface area (Å²) in [4.78, 5) is 4.25. The summed E-state index contributed by atoms with van der Waals surface area (Å²) in [6.45, 7) is 6.48. The first kappa shape index (κ1) is 12.0. The molecule has 0 amide bonds. The van der Waals surface area contributed by atoms with E-state index in [1.165, 1.54) is 0 Å². The van der Waals surface area contributed by atoms with Crippen LogP contribution in [0.5, 0.6) is 0 Å². The number of rotatable bonds is 3.